The van der Waals surface area contributed by atoms with E-state index < -0.39 is 0 Å². The summed E-state index contributed by atoms with van der Waals surface area (Å²) in [5.41, 5.74) is 4.65. The molecular weight excluding hydrogens is 380 g/mol. The molecule has 0 aliphatic carbocycles. The standard InChI is InChI=1S/C23H24N4OS/c1-28-20-11-9-19(10-12-20)18-7-5-17(6-8-18)16-24-13-3-15-26-23-22-21(29-27-23)4-2-14-25-22/h2,4-12,14,24H,3,13,15-16H2,1H3,(H,26,27). The van der Waals surface area contributed by atoms with Gasteiger partial charge in [0.05, 0.1) is 11.8 Å². The normalized spacial score (nSPS) is 10.9. The molecule has 2 heterocycles. The molecule has 6 heteroatoms. The Labute approximate surface area is 174 Å². The third-order valence-corrected chi connectivity index (χ3v) is 5.56. The largest absolute Gasteiger partial charge is 0.497 e. The van der Waals surface area contributed by atoms with Crippen LogP contribution < -0.4 is 15.4 Å². The molecule has 0 saturated heterocycles. The first-order chi connectivity index (χ1) is 14.3. The van der Waals surface area contributed by atoms with E-state index in [1.807, 2.05) is 30.5 Å². The van der Waals surface area contributed by atoms with E-state index in [0.29, 0.717) is 0 Å². The number of pyridine rings is 1. The minimum Gasteiger partial charge on any atom is -0.497 e. The number of fused-ring (bicyclic) bond motifs is 1. The minimum atomic E-state index is 0.865. The topological polar surface area (TPSA) is 59.1 Å². The van der Waals surface area contributed by atoms with Gasteiger partial charge in [-0.25, -0.2) is 0 Å². The Hall–Kier alpha value is -2.96. The van der Waals surface area contributed by atoms with Crippen molar-refractivity contribution < 1.29 is 4.74 Å². The third kappa shape index (κ3) is 4.91. The molecular formula is C23H24N4OS. The summed E-state index contributed by atoms with van der Waals surface area (Å²) in [6.07, 6.45) is 2.83. The summed E-state index contributed by atoms with van der Waals surface area (Å²) < 4.78 is 10.8. The van der Waals surface area contributed by atoms with Gasteiger partial charge in [0.25, 0.3) is 0 Å². The van der Waals surface area contributed by atoms with Crippen molar-refractivity contribution in [1.82, 2.24) is 14.7 Å². The Bertz CT molecular complexity index is 1040. The fourth-order valence-corrected chi connectivity index (χ4v) is 3.86. The number of rotatable bonds is 9. The molecule has 2 aromatic carbocycles. The van der Waals surface area contributed by atoms with Crippen molar-refractivity contribution in [2.24, 2.45) is 0 Å². The summed E-state index contributed by atoms with van der Waals surface area (Å²) in [4.78, 5) is 4.40. The summed E-state index contributed by atoms with van der Waals surface area (Å²) in [6.45, 7) is 2.69. The summed E-state index contributed by atoms with van der Waals surface area (Å²) in [5, 5.41) is 6.89. The molecule has 0 atom stereocenters. The predicted octanol–water partition coefficient (Wildman–Crippen LogP) is 4.96. The molecule has 0 bridgehead atoms. The van der Waals surface area contributed by atoms with E-state index >= 15 is 0 Å². The van der Waals surface area contributed by atoms with Gasteiger partial charge in [-0.1, -0.05) is 36.4 Å². The van der Waals surface area contributed by atoms with Crippen molar-refractivity contribution in [3.63, 3.8) is 0 Å². The summed E-state index contributed by atoms with van der Waals surface area (Å²) in [7, 11) is 1.69. The smallest absolute Gasteiger partial charge is 0.166 e. The number of nitrogens with one attached hydrogen (secondary N) is 2. The molecule has 2 N–H and O–H groups in total. The van der Waals surface area contributed by atoms with Gasteiger partial charge in [-0.3, -0.25) is 4.98 Å². The molecule has 0 fully saturated rings. The maximum atomic E-state index is 5.22. The summed E-state index contributed by atoms with van der Waals surface area (Å²) >= 11 is 1.48. The zero-order valence-electron chi connectivity index (χ0n) is 16.4. The van der Waals surface area contributed by atoms with Crippen molar-refractivity contribution in [2.45, 2.75) is 13.0 Å². The van der Waals surface area contributed by atoms with Crippen LogP contribution in [0.4, 0.5) is 5.82 Å². The van der Waals surface area contributed by atoms with E-state index in [1.54, 1.807) is 7.11 Å². The van der Waals surface area contributed by atoms with Crippen LogP contribution in [0.15, 0.2) is 66.9 Å². The monoisotopic (exact) mass is 404 g/mol. The number of hydrogen-bond acceptors (Lipinski definition) is 6. The molecule has 0 radical (unpaired) electrons. The van der Waals surface area contributed by atoms with Crippen LogP contribution in [0.1, 0.15) is 12.0 Å². The second-order valence-corrected chi connectivity index (χ2v) is 7.57. The molecule has 0 aliphatic heterocycles. The van der Waals surface area contributed by atoms with Crippen molar-refractivity contribution in [3.8, 4) is 16.9 Å². The molecule has 148 valence electrons. The zero-order valence-corrected chi connectivity index (χ0v) is 17.2. The second-order valence-electron chi connectivity index (χ2n) is 6.76. The first kappa shape index (κ1) is 19.4. The van der Waals surface area contributed by atoms with Gasteiger partial charge in [0.15, 0.2) is 5.82 Å². The molecule has 29 heavy (non-hydrogen) atoms. The number of ether oxygens (including phenoxy) is 1. The van der Waals surface area contributed by atoms with Gasteiger partial charge in [-0.2, -0.15) is 4.37 Å². The number of anilines is 1. The highest BCUT2D eigenvalue weighted by Gasteiger charge is 2.05. The van der Waals surface area contributed by atoms with Gasteiger partial charge in [-0.15, -0.1) is 0 Å². The molecule has 0 unspecified atom stereocenters. The van der Waals surface area contributed by atoms with Crippen LogP contribution >= 0.6 is 11.5 Å². The quantitative estimate of drug-likeness (QED) is 0.386. The molecule has 5 nitrogen and oxygen atoms in total. The maximum Gasteiger partial charge on any atom is 0.166 e. The average molecular weight is 405 g/mol. The minimum absolute atomic E-state index is 0.865. The summed E-state index contributed by atoms with van der Waals surface area (Å²) in [5.74, 6) is 1.77. The third-order valence-electron chi connectivity index (χ3n) is 4.76. The van der Waals surface area contributed by atoms with Crippen molar-refractivity contribution in [2.75, 3.05) is 25.5 Å². The van der Waals surface area contributed by atoms with Crippen LogP contribution in [0.25, 0.3) is 21.3 Å². The lowest BCUT2D eigenvalue weighted by molar-refractivity contribution is 0.415. The molecule has 0 saturated carbocycles. The van der Waals surface area contributed by atoms with Crippen LogP contribution in [0.5, 0.6) is 5.75 Å². The number of methoxy groups -OCH3 is 1. The highest BCUT2D eigenvalue weighted by molar-refractivity contribution is 7.13. The lowest BCUT2D eigenvalue weighted by Crippen LogP contribution is -2.17. The fraction of sp³-hybridized carbons (Fsp3) is 0.217. The van der Waals surface area contributed by atoms with Gasteiger partial charge in [-0.05, 0) is 65.5 Å². The zero-order chi connectivity index (χ0) is 19.9. The van der Waals surface area contributed by atoms with Gasteiger partial charge < -0.3 is 15.4 Å². The first-order valence-corrected chi connectivity index (χ1v) is 10.5. The Morgan fingerprint density at radius 3 is 2.45 bits per heavy atom. The van der Waals surface area contributed by atoms with Gasteiger partial charge in [0, 0.05) is 19.3 Å². The number of nitrogens with zero attached hydrogens (tertiary/aromatic N) is 2. The van der Waals surface area contributed by atoms with Crippen LogP contribution in [0.2, 0.25) is 0 Å². The van der Waals surface area contributed by atoms with Crippen LogP contribution in [-0.2, 0) is 6.54 Å². The van der Waals surface area contributed by atoms with E-state index in [-0.39, 0.29) is 0 Å². The number of benzene rings is 2. The van der Waals surface area contributed by atoms with Gasteiger partial charge >= 0.3 is 0 Å². The molecule has 0 amide bonds. The Morgan fingerprint density at radius 1 is 0.931 bits per heavy atom. The van der Waals surface area contributed by atoms with E-state index in [1.165, 1.54) is 28.2 Å². The van der Waals surface area contributed by atoms with Crippen LogP contribution in [0, 0.1) is 0 Å². The Morgan fingerprint density at radius 2 is 1.69 bits per heavy atom. The van der Waals surface area contributed by atoms with Crippen molar-refractivity contribution in [1.29, 1.82) is 0 Å². The fourth-order valence-electron chi connectivity index (χ4n) is 3.15. The van der Waals surface area contributed by atoms with Gasteiger partial charge in [0.2, 0.25) is 0 Å². The second kappa shape index (κ2) is 9.49. The molecule has 4 rings (SSSR count). The van der Waals surface area contributed by atoms with Crippen LogP contribution in [-0.4, -0.2) is 29.6 Å². The Kier molecular flexibility index (Phi) is 6.34. The highest BCUT2D eigenvalue weighted by atomic mass is 32.1. The van der Waals surface area contributed by atoms with Crippen molar-refractivity contribution >= 4 is 27.6 Å². The Balaban J connectivity index is 1.19. The maximum absolute atomic E-state index is 5.22. The first-order valence-electron chi connectivity index (χ1n) is 9.72. The number of hydrogen-bond donors (Lipinski definition) is 2. The van der Waals surface area contributed by atoms with Crippen molar-refractivity contribution in [3.05, 3.63) is 72.4 Å². The highest BCUT2D eigenvalue weighted by Crippen LogP contribution is 2.24. The SMILES string of the molecule is COc1ccc(-c2ccc(CNCCCNc3nsc4cccnc34)cc2)cc1. The molecule has 2 aromatic heterocycles. The molecule has 0 spiro atoms. The van der Waals surface area contributed by atoms with E-state index in [4.69, 9.17) is 4.74 Å². The number of aromatic nitrogens is 2. The lowest BCUT2D eigenvalue weighted by atomic mass is 10.0. The lowest BCUT2D eigenvalue weighted by Gasteiger charge is -2.08. The summed E-state index contributed by atoms with van der Waals surface area (Å²) in [6, 6.07) is 20.8. The average Bonchev–Trinajstić information content (AvgIpc) is 3.20. The van der Waals surface area contributed by atoms with E-state index in [0.717, 1.165) is 47.8 Å². The van der Waals surface area contributed by atoms with Gasteiger partial charge in [0.1, 0.15) is 11.3 Å². The predicted molar refractivity (Wildman–Crippen MR) is 121 cm³/mol. The molecule has 0 aliphatic rings. The van der Waals surface area contributed by atoms with Crippen LogP contribution in [0.3, 0.4) is 0 Å². The molecule has 4 aromatic rings. The van der Waals surface area contributed by atoms with E-state index in [9.17, 15) is 0 Å². The van der Waals surface area contributed by atoms with E-state index in [2.05, 4.69) is 56.4 Å².